The monoisotopic (exact) mass is 406 g/mol. The number of hydrogen-bond donors (Lipinski definition) is 3. The molecule has 2 aromatic carbocycles. The van der Waals surface area contributed by atoms with Crippen molar-refractivity contribution in [1.29, 1.82) is 0 Å². The van der Waals surface area contributed by atoms with E-state index >= 15 is 0 Å². The van der Waals surface area contributed by atoms with Crippen LogP contribution in [-0.2, 0) is 4.79 Å². The molecular formula is C22H18N2O6. The van der Waals surface area contributed by atoms with Crippen LogP contribution >= 0.6 is 0 Å². The molecule has 3 rings (SSSR count). The molecule has 0 aliphatic heterocycles. The van der Waals surface area contributed by atoms with Crippen LogP contribution in [0.15, 0.2) is 77.0 Å². The summed E-state index contributed by atoms with van der Waals surface area (Å²) in [6, 6.07) is 15.6. The summed E-state index contributed by atoms with van der Waals surface area (Å²) in [6.45, 7) is 0. The van der Waals surface area contributed by atoms with Crippen LogP contribution in [-0.4, -0.2) is 30.0 Å². The van der Waals surface area contributed by atoms with Gasteiger partial charge in [0.05, 0.1) is 24.5 Å². The first-order valence-electron chi connectivity index (χ1n) is 8.82. The molecule has 0 atom stereocenters. The van der Waals surface area contributed by atoms with Crippen LogP contribution in [0.3, 0.4) is 0 Å². The van der Waals surface area contributed by atoms with Gasteiger partial charge >= 0.3 is 5.97 Å². The maximum Gasteiger partial charge on any atom is 0.335 e. The van der Waals surface area contributed by atoms with Crippen molar-refractivity contribution in [2.75, 3.05) is 12.4 Å². The van der Waals surface area contributed by atoms with Gasteiger partial charge in [0.25, 0.3) is 11.8 Å². The van der Waals surface area contributed by atoms with Crippen LogP contribution in [0.4, 0.5) is 5.69 Å². The predicted octanol–water partition coefficient (Wildman–Crippen LogP) is 3.40. The number of furan rings is 1. The van der Waals surface area contributed by atoms with E-state index in [0.717, 1.165) is 0 Å². The number of benzene rings is 2. The molecule has 8 nitrogen and oxygen atoms in total. The third-order valence-electron chi connectivity index (χ3n) is 4.04. The number of ether oxygens (including phenoxy) is 1. The smallest absolute Gasteiger partial charge is 0.335 e. The summed E-state index contributed by atoms with van der Waals surface area (Å²) in [5.41, 5.74) is 0.423. The molecule has 0 saturated carbocycles. The number of nitrogens with one attached hydrogen (secondary N) is 2. The quantitative estimate of drug-likeness (QED) is 0.518. The number of hydrogen-bond acceptors (Lipinski definition) is 5. The fraction of sp³-hybridized carbons (Fsp3) is 0.0455. The number of aromatic carboxylic acids is 1. The second-order valence-electron chi connectivity index (χ2n) is 6.07. The number of para-hydroxylation sites is 1. The molecule has 0 bridgehead atoms. The van der Waals surface area contributed by atoms with Crippen molar-refractivity contribution in [3.63, 3.8) is 0 Å². The number of amides is 2. The zero-order valence-corrected chi connectivity index (χ0v) is 15.9. The molecule has 0 aliphatic rings. The zero-order chi connectivity index (χ0) is 21.5. The number of carboxylic acids is 1. The van der Waals surface area contributed by atoms with Gasteiger partial charge in [0, 0.05) is 11.8 Å². The molecule has 2 amide bonds. The Morgan fingerprint density at radius 1 is 1.03 bits per heavy atom. The Kier molecular flexibility index (Phi) is 6.29. The molecule has 0 radical (unpaired) electrons. The molecule has 152 valence electrons. The van der Waals surface area contributed by atoms with Gasteiger partial charge in [-0.1, -0.05) is 18.2 Å². The highest BCUT2D eigenvalue weighted by Gasteiger charge is 2.18. The van der Waals surface area contributed by atoms with Crippen LogP contribution in [0.5, 0.6) is 5.75 Å². The Labute approximate surface area is 171 Å². The van der Waals surface area contributed by atoms with E-state index in [1.54, 1.807) is 36.4 Å². The lowest BCUT2D eigenvalue weighted by Crippen LogP contribution is -2.31. The summed E-state index contributed by atoms with van der Waals surface area (Å²) in [5, 5.41) is 14.2. The third-order valence-corrected chi connectivity index (χ3v) is 4.04. The Morgan fingerprint density at radius 2 is 1.83 bits per heavy atom. The van der Waals surface area contributed by atoms with Crippen LogP contribution < -0.4 is 15.4 Å². The lowest BCUT2D eigenvalue weighted by Gasteiger charge is -2.12. The van der Waals surface area contributed by atoms with Gasteiger partial charge in [-0.3, -0.25) is 9.59 Å². The number of carbonyl (C=O) groups is 3. The molecule has 0 aliphatic carbocycles. The molecular weight excluding hydrogens is 388 g/mol. The van der Waals surface area contributed by atoms with E-state index in [9.17, 15) is 14.4 Å². The highest BCUT2D eigenvalue weighted by molar-refractivity contribution is 6.11. The maximum absolute atomic E-state index is 12.8. The average Bonchev–Trinajstić information content (AvgIpc) is 3.26. The molecule has 1 heterocycles. The fourth-order valence-electron chi connectivity index (χ4n) is 2.62. The minimum absolute atomic E-state index is 0.0161. The summed E-state index contributed by atoms with van der Waals surface area (Å²) in [5.74, 6) is -1.64. The molecule has 1 aromatic heterocycles. The second kappa shape index (κ2) is 9.24. The number of carboxylic acid groups (broad SMARTS) is 1. The van der Waals surface area contributed by atoms with E-state index in [-0.39, 0.29) is 22.5 Å². The average molecular weight is 406 g/mol. The van der Waals surface area contributed by atoms with Crippen LogP contribution in [0, 0.1) is 0 Å². The Bertz CT molecular complexity index is 1100. The van der Waals surface area contributed by atoms with Gasteiger partial charge in [0.2, 0.25) is 0 Å². The van der Waals surface area contributed by atoms with Crippen molar-refractivity contribution in [2.45, 2.75) is 0 Å². The van der Waals surface area contributed by atoms with Crippen LogP contribution in [0.1, 0.15) is 26.5 Å². The van der Waals surface area contributed by atoms with Crippen molar-refractivity contribution in [3.8, 4) is 5.75 Å². The molecule has 0 spiro atoms. The molecule has 0 fully saturated rings. The lowest BCUT2D eigenvalue weighted by atomic mass is 10.1. The summed E-state index contributed by atoms with van der Waals surface area (Å²) >= 11 is 0. The van der Waals surface area contributed by atoms with Crippen LogP contribution in [0.25, 0.3) is 6.08 Å². The Hall–Kier alpha value is -4.33. The normalized spacial score (nSPS) is 10.9. The fourth-order valence-corrected chi connectivity index (χ4v) is 2.62. The first-order chi connectivity index (χ1) is 14.5. The van der Waals surface area contributed by atoms with E-state index in [1.165, 1.54) is 43.7 Å². The molecule has 0 unspecified atom stereocenters. The number of methoxy groups -OCH3 is 1. The largest absolute Gasteiger partial charge is 0.496 e. The summed E-state index contributed by atoms with van der Waals surface area (Å²) in [4.78, 5) is 36.7. The molecule has 0 saturated heterocycles. The summed E-state index contributed by atoms with van der Waals surface area (Å²) in [6.07, 6.45) is 2.80. The number of rotatable bonds is 7. The van der Waals surface area contributed by atoms with Crippen molar-refractivity contribution in [1.82, 2.24) is 5.32 Å². The highest BCUT2D eigenvalue weighted by atomic mass is 16.5. The third kappa shape index (κ3) is 4.93. The first kappa shape index (κ1) is 20.4. The van der Waals surface area contributed by atoms with Crippen molar-refractivity contribution < 1.29 is 28.6 Å². The van der Waals surface area contributed by atoms with Gasteiger partial charge in [-0.15, -0.1) is 0 Å². The van der Waals surface area contributed by atoms with Crippen molar-refractivity contribution >= 4 is 29.5 Å². The molecule has 30 heavy (non-hydrogen) atoms. The topological polar surface area (TPSA) is 118 Å². The Morgan fingerprint density at radius 3 is 2.53 bits per heavy atom. The predicted molar refractivity (Wildman–Crippen MR) is 109 cm³/mol. The minimum atomic E-state index is -1.12. The lowest BCUT2D eigenvalue weighted by molar-refractivity contribution is -0.113. The van der Waals surface area contributed by atoms with Crippen LogP contribution in [0.2, 0.25) is 0 Å². The van der Waals surface area contributed by atoms with Gasteiger partial charge in [0.15, 0.2) is 0 Å². The number of anilines is 1. The van der Waals surface area contributed by atoms with E-state index < -0.39 is 17.8 Å². The molecule has 8 heteroatoms. The minimum Gasteiger partial charge on any atom is -0.496 e. The molecule has 3 aromatic rings. The second-order valence-corrected chi connectivity index (χ2v) is 6.07. The van der Waals surface area contributed by atoms with Gasteiger partial charge in [0.1, 0.15) is 17.2 Å². The maximum atomic E-state index is 12.8. The van der Waals surface area contributed by atoms with Gasteiger partial charge in [-0.2, -0.15) is 0 Å². The van der Waals surface area contributed by atoms with E-state index in [4.69, 9.17) is 14.3 Å². The van der Waals surface area contributed by atoms with Crippen molar-refractivity contribution in [2.24, 2.45) is 0 Å². The molecule has 3 N–H and O–H groups in total. The SMILES string of the molecule is COc1ccccc1C(=O)NC(=Cc1ccco1)C(=O)Nc1cccc(C(=O)O)c1. The standard InChI is InChI=1S/C22H18N2O6/c1-29-19-10-3-2-9-17(19)20(25)24-18(13-16-8-5-11-30-16)21(26)23-15-7-4-6-14(12-15)22(27)28/h2-13H,1H3,(H,23,26)(H,24,25)(H,27,28). The first-order valence-corrected chi connectivity index (χ1v) is 8.82. The Balaban J connectivity index is 1.87. The summed E-state index contributed by atoms with van der Waals surface area (Å²) < 4.78 is 10.4. The van der Waals surface area contributed by atoms with Gasteiger partial charge in [-0.25, -0.2) is 4.79 Å². The van der Waals surface area contributed by atoms with Gasteiger partial charge in [-0.05, 0) is 42.5 Å². The van der Waals surface area contributed by atoms with E-state index in [1.807, 2.05) is 0 Å². The van der Waals surface area contributed by atoms with Crippen molar-refractivity contribution in [3.05, 3.63) is 89.5 Å². The summed E-state index contributed by atoms with van der Waals surface area (Å²) in [7, 11) is 1.44. The highest BCUT2D eigenvalue weighted by Crippen LogP contribution is 2.18. The van der Waals surface area contributed by atoms with E-state index in [2.05, 4.69) is 10.6 Å². The van der Waals surface area contributed by atoms with Gasteiger partial charge < -0.3 is 24.9 Å². The zero-order valence-electron chi connectivity index (χ0n) is 15.9. The van der Waals surface area contributed by atoms with E-state index in [0.29, 0.717) is 11.5 Å². The number of carbonyl (C=O) groups excluding carboxylic acids is 2.